The van der Waals surface area contributed by atoms with Crippen molar-refractivity contribution in [3.63, 3.8) is 0 Å². The fourth-order valence-corrected chi connectivity index (χ4v) is 2.03. The smallest absolute Gasteiger partial charge is 0.119 e. The van der Waals surface area contributed by atoms with Crippen LogP contribution in [0.5, 0.6) is 5.75 Å². The summed E-state index contributed by atoms with van der Waals surface area (Å²) in [6.45, 7) is 2.69. The first-order valence-corrected chi connectivity index (χ1v) is 7.19. The summed E-state index contributed by atoms with van der Waals surface area (Å²) in [5, 5.41) is 8.66. The van der Waals surface area contributed by atoms with Gasteiger partial charge in [0, 0.05) is 0 Å². The molecule has 0 aliphatic heterocycles. The molecule has 2 heteroatoms. The van der Waals surface area contributed by atoms with E-state index >= 15 is 0 Å². The van der Waals surface area contributed by atoms with Crippen molar-refractivity contribution in [2.24, 2.45) is 0 Å². The van der Waals surface area contributed by atoms with Crippen molar-refractivity contribution in [1.29, 1.82) is 0 Å². The standard InChI is InChI=1S/C16H26O2.3CH4/c1-2-3-4-5-6-7-8-15-9-11-16(12-10-15)18-14-13-17;;;/h9-12,17H,2-8,13-14H2,1H3;3*1H4. The number of benzene rings is 1. The van der Waals surface area contributed by atoms with Crippen molar-refractivity contribution >= 4 is 0 Å². The highest BCUT2D eigenvalue weighted by Gasteiger charge is 1.96. The lowest BCUT2D eigenvalue weighted by molar-refractivity contribution is 0.201. The lowest BCUT2D eigenvalue weighted by Gasteiger charge is -2.06. The molecule has 1 aromatic carbocycles. The van der Waals surface area contributed by atoms with Crippen LogP contribution in [0.2, 0.25) is 0 Å². The molecule has 1 N–H and O–H groups in total. The van der Waals surface area contributed by atoms with Crippen LogP contribution in [-0.2, 0) is 6.42 Å². The summed E-state index contributed by atoms with van der Waals surface area (Å²) >= 11 is 0. The minimum Gasteiger partial charge on any atom is -0.491 e. The molecule has 0 radical (unpaired) electrons. The van der Waals surface area contributed by atoms with E-state index in [1.807, 2.05) is 12.1 Å². The van der Waals surface area contributed by atoms with Gasteiger partial charge in [-0.05, 0) is 30.5 Å². The van der Waals surface area contributed by atoms with Gasteiger partial charge in [0.15, 0.2) is 0 Å². The number of aryl methyl sites for hydroxylation is 1. The van der Waals surface area contributed by atoms with E-state index in [1.165, 1.54) is 44.1 Å². The molecule has 0 heterocycles. The third-order valence-corrected chi connectivity index (χ3v) is 3.10. The average molecular weight is 299 g/mol. The quantitative estimate of drug-likeness (QED) is 0.547. The first-order valence-electron chi connectivity index (χ1n) is 7.19. The maximum Gasteiger partial charge on any atom is 0.119 e. The minimum atomic E-state index is 0. The number of aliphatic hydroxyl groups excluding tert-OH is 1. The van der Waals surface area contributed by atoms with Crippen LogP contribution in [0.1, 0.15) is 73.3 Å². The van der Waals surface area contributed by atoms with Gasteiger partial charge < -0.3 is 9.84 Å². The van der Waals surface area contributed by atoms with E-state index in [1.54, 1.807) is 0 Å². The Bertz CT molecular complexity index is 293. The zero-order valence-electron chi connectivity index (χ0n) is 11.5. The molecular weight excluding hydrogens is 260 g/mol. The summed E-state index contributed by atoms with van der Waals surface area (Å²) in [7, 11) is 0. The molecule has 0 fully saturated rings. The topological polar surface area (TPSA) is 29.5 Å². The molecule has 0 aromatic heterocycles. The van der Waals surface area contributed by atoms with E-state index in [4.69, 9.17) is 9.84 Å². The van der Waals surface area contributed by atoms with Crippen LogP contribution >= 0.6 is 0 Å². The monoisotopic (exact) mass is 298 g/mol. The molecule has 0 aliphatic rings. The molecule has 0 aliphatic carbocycles. The maximum absolute atomic E-state index is 8.66. The van der Waals surface area contributed by atoms with E-state index in [-0.39, 0.29) is 28.9 Å². The van der Waals surface area contributed by atoms with E-state index in [2.05, 4.69) is 19.1 Å². The van der Waals surface area contributed by atoms with Crippen molar-refractivity contribution in [2.75, 3.05) is 13.2 Å². The van der Waals surface area contributed by atoms with Gasteiger partial charge in [0.2, 0.25) is 0 Å². The average Bonchev–Trinajstić information content (AvgIpc) is 2.42. The van der Waals surface area contributed by atoms with Crippen LogP contribution in [0.3, 0.4) is 0 Å². The summed E-state index contributed by atoms with van der Waals surface area (Å²) < 4.78 is 5.33. The highest BCUT2D eigenvalue weighted by Crippen LogP contribution is 2.14. The predicted octanol–water partition coefficient (Wildman–Crippen LogP) is 5.87. The molecule has 1 aromatic rings. The minimum absolute atomic E-state index is 0. The van der Waals surface area contributed by atoms with Gasteiger partial charge in [-0.25, -0.2) is 0 Å². The Morgan fingerprint density at radius 1 is 0.857 bits per heavy atom. The summed E-state index contributed by atoms with van der Waals surface area (Å²) in [5.41, 5.74) is 1.38. The number of hydrogen-bond donors (Lipinski definition) is 1. The van der Waals surface area contributed by atoms with E-state index in [0.29, 0.717) is 6.61 Å². The van der Waals surface area contributed by atoms with E-state index < -0.39 is 0 Å². The van der Waals surface area contributed by atoms with Gasteiger partial charge in [0.25, 0.3) is 0 Å². The van der Waals surface area contributed by atoms with Gasteiger partial charge in [-0.1, -0.05) is 73.4 Å². The van der Waals surface area contributed by atoms with Crippen molar-refractivity contribution in [2.45, 2.75) is 74.1 Å². The second kappa shape index (κ2) is 17.0. The van der Waals surface area contributed by atoms with Gasteiger partial charge in [-0.3, -0.25) is 0 Å². The number of unbranched alkanes of at least 4 members (excludes halogenated alkanes) is 5. The maximum atomic E-state index is 8.66. The third kappa shape index (κ3) is 12.4. The Balaban J connectivity index is -0.00000108. The number of ether oxygens (including phenoxy) is 1. The summed E-state index contributed by atoms with van der Waals surface area (Å²) in [6.07, 6.45) is 9.21. The SMILES string of the molecule is C.C.C.CCCCCCCCc1ccc(OCCO)cc1. The van der Waals surface area contributed by atoms with Crippen LogP contribution in [0, 0.1) is 0 Å². The molecule has 0 bridgehead atoms. The van der Waals surface area contributed by atoms with Gasteiger partial charge >= 0.3 is 0 Å². The molecule has 2 nitrogen and oxygen atoms in total. The molecule has 0 atom stereocenters. The Morgan fingerprint density at radius 3 is 2.00 bits per heavy atom. The summed E-state index contributed by atoms with van der Waals surface area (Å²) in [4.78, 5) is 0. The molecule has 0 saturated carbocycles. The number of rotatable bonds is 10. The number of hydrogen-bond acceptors (Lipinski definition) is 2. The Labute approximate surface area is 133 Å². The van der Waals surface area contributed by atoms with Crippen molar-refractivity contribution in [3.8, 4) is 5.75 Å². The molecule has 0 saturated heterocycles. The van der Waals surface area contributed by atoms with Crippen LogP contribution in [0.4, 0.5) is 0 Å². The van der Waals surface area contributed by atoms with Crippen LogP contribution in [-0.4, -0.2) is 18.3 Å². The molecule has 21 heavy (non-hydrogen) atoms. The third-order valence-electron chi connectivity index (χ3n) is 3.10. The molecular formula is C19H38O2. The number of aliphatic hydroxyl groups is 1. The molecule has 0 amide bonds. The normalized spacial score (nSPS) is 9.05. The molecule has 126 valence electrons. The highest BCUT2D eigenvalue weighted by molar-refractivity contribution is 5.27. The van der Waals surface area contributed by atoms with Crippen LogP contribution in [0.15, 0.2) is 24.3 Å². The van der Waals surface area contributed by atoms with E-state index in [9.17, 15) is 0 Å². The fourth-order valence-electron chi connectivity index (χ4n) is 2.03. The lowest BCUT2D eigenvalue weighted by Crippen LogP contribution is -2.01. The predicted molar refractivity (Wildman–Crippen MR) is 96.3 cm³/mol. The van der Waals surface area contributed by atoms with Crippen LogP contribution in [0.25, 0.3) is 0 Å². The van der Waals surface area contributed by atoms with Gasteiger partial charge in [0.05, 0.1) is 6.61 Å². The van der Waals surface area contributed by atoms with Gasteiger partial charge in [-0.2, -0.15) is 0 Å². The molecule has 0 unspecified atom stereocenters. The first kappa shape index (κ1) is 25.0. The summed E-state index contributed by atoms with van der Waals surface area (Å²) in [6, 6.07) is 8.22. The largest absolute Gasteiger partial charge is 0.491 e. The second-order valence-electron chi connectivity index (χ2n) is 4.73. The van der Waals surface area contributed by atoms with Gasteiger partial charge in [0.1, 0.15) is 12.4 Å². The first-order chi connectivity index (χ1) is 8.86. The highest BCUT2D eigenvalue weighted by atomic mass is 16.5. The zero-order valence-corrected chi connectivity index (χ0v) is 11.5. The Morgan fingerprint density at radius 2 is 1.43 bits per heavy atom. The van der Waals surface area contributed by atoms with E-state index in [0.717, 1.165) is 12.2 Å². The van der Waals surface area contributed by atoms with Crippen molar-refractivity contribution in [1.82, 2.24) is 0 Å². The molecule has 0 spiro atoms. The van der Waals surface area contributed by atoms with Crippen molar-refractivity contribution in [3.05, 3.63) is 29.8 Å². The second-order valence-corrected chi connectivity index (χ2v) is 4.73. The van der Waals surface area contributed by atoms with Crippen molar-refractivity contribution < 1.29 is 9.84 Å². The fraction of sp³-hybridized carbons (Fsp3) is 0.684. The molecule has 1 rings (SSSR count). The summed E-state index contributed by atoms with van der Waals surface area (Å²) in [5.74, 6) is 0.843. The lowest BCUT2D eigenvalue weighted by atomic mass is 10.0. The Kier molecular flexibility index (Phi) is 20.2. The van der Waals surface area contributed by atoms with Gasteiger partial charge in [-0.15, -0.1) is 0 Å². The van der Waals surface area contributed by atoms with Crippen LogP contribution < -0.4 is 4.74 Å². The zero-order chi connectivity index (χ0) is 13.1. The Hall–Kier alpha value is -1.02.